The minimum atomic E-state index is -0.378. The van der Waals surface area contributed by atoms with Gasteiger partial charge in [0.1, 0.15) is 10.6 Å². The zero-order valence-corrected chi connectivity index (χ0v) is 10.9. The van der Waals surface area contributed by atoms with E-state index in [1.807, 2.05) is 19.2 Å². The summed E-state index contributed by atoms with van der Waals surface area (Å²) in [6.07, 6.45) is 0.904. The summed E-state index contributed by atoms with van der Waals surface area (Å²) in [5, 5.41) is 3.02. The highest BCUT2D eigenvalue weighted by Crippen LogP contribution is 2.32. The van der Waals surface area contributed by atoms with E-state index in [1.165, 1.54) is 0 Å². The monoisotopic (exact) mass is 228 g/mol. The van der Waals surface area contributed by atoms with Gasteiger partial charge in [-0.1, -0.05) is 6.92 Å². The van der Waals surface area contributed by atoms with E-state index in [2.05, 4.69) is 18.8 Å². The Hall–Kier alpha value is -0.450. The van der Waals surface area contributed by atoms with E-state index in [0.29, 0.717) is 0 Å². The molecule has 86 valence electrons. The fourth-order valence-corrected chi connectivity index (χ4v) is 2.40. The van der Waals surface area contributed by atoms with E-state index in [9.17, 15) is 0 Å². The molecule has 2 N–H and O–H groups in total. The molecule has 0 bridgehead atoms. The first-order chi connectivity index (χ1) is 6.83. The first kappa shape index (κ1) is 12.6. The van der Waals surface area contributed by atoms with Crippen molar-refractivity contribution < 1.29 is 4.74 Å². The van der Waals surface area contributed by atoms with Gasteiger partial charge < -0.3 is 10.5 Å². The van der Waals surface area contributed by atoms with Crippen LogP contribution in [-0.4, -0.2) is 12.1 Å². The van der Waals surface area contributed by atoms with Crippen LogP contribution in [0.1, 0.15) is 44.8 Å². The van der Waals surface area contributed by atoms with E-state index in [4.69, 9.17) is 10.5 Å². The van der Waals surface area contributed by atoms with Crippen LogP contribution in [0, 0.1) is 0 Å². The molecule has 1 unspecified atom stereocenters. The molecule has 0 aromatic carbocycles. The van der Waals surface area contributed by atoms with Crippen LogP contribution in [0.3, 0.4) is 0 Å². The Balaban J connectivity index is 3.03. The van der Waals surface area contributed by atoms with Crippen LogP contribution in [0.2, 0.25) is 0 Å². The average molecular weight is 228 g/mol. The van der Waals surface area contributed by atoms with Crippen molar-refractivity contribution in [2.45, 2.75) is 45.3 Å². The SMILES string of the molecule is CCC(C)(OC)c1nc(C(C)(C)N)cs1. The van der Waals surface area contributed by atoms with Gasteiger partial charge in [-0.3, -0.25) is 0 Å². The quantitative estimate of drug-likeness (QED) is 0.861. The summed E-state index contributed by atoms with van der Waals surface area (Å²) in [6, 6.07) is 0. The zero-order chi connectivity index (χ0) is 11.7. The number of hydrogen-bond acceptors (Lipinski definition) is 4. The molecule has 0 saturated heterocycles. The Morgan fingerprint density at radius 1 is 1.47 bits per heavy atom. The second-order valence-electron chi connectivity index (χ2n) is 4.55. The number of thiazole rings is 1. The predicted octanol–water partition coefficient (Wildman–Crippen LogP) is 2.61. The summed E-state index contributed by atoms with van der Waals surface area (Å²) in [7, 11) is 1.72. The summed E-state index contributed by atoms with van der Waals surface area (Å²) in [4.78, 5) is 4.56. The maximum absolute atomic E-state index is 6.00. The van der Waals surface area contributed by atoms with Crippen molar-refractivity contribution in [1.29, 1.82) is 0 Å². The van der Waals surface area contributed by atoms with Crippen LogP contribution < -0.4 is 5.73 Å². The first-order valence-electron chi connectivity index (χ1n) is 5.14. The highest BCUT2D eigenvalue weighted by molar-refractivity contribution is 7.09. The average Bonchev–Trinajstić information content (AvgIpc) is 2.65. The van der Waals surface area contributed by atoms with Crippen molar-refractivity contribution in [3.63, 3.8) is 0 Å². The van der Waals surface area contributed by atoms with Gasteiger partial charge in [0, 0.05) is 12.5 Å². The standard InChI is InChI=1S/C11H20N2OS/c1-6-11(4,14-5)9-13-8(7-15-9)10(2,3)12/h7H,6,12H2,1-5H3. The van der Waals surface area contributed by atoms with Gasteiger partial charge in [-0.2, -0.15) is 0 Å². The highest BCUT2D eigenvalue weighted by atomic mass is 32.1. The third-order valence-corrected chi connectivity index (χ3v) is 3.83. The number of methoxy groups -OCH3 is 1. The Morgan fingerprint density at radius 2 is 2.07 bits per heavy atom. The molecule has 15 heavy (non-hydrogen) atoms. The number of hydrogen-bond donors (Lipinski definition) is 1. The predicted molar refractivity (Wildman–Crippen MR) is 64.0 cm³/mol. The molecule has 0 aliphatic heterocycles. The third-order valence-electron chi connectivity index (χ3n) is 2.74. The number of rotatable bonds is 4. The van der Waals surface area contributed by atoms with Crippen molar-refractivity contribution in [2.75, 3.05) is 7.11 Å². The molecule has 0 saturated carbocycles. The van der Waals surface area contributed by atoms with Crippen LogP contribution >= 0.6 is 11.3 Å². The lowest BCUT2D eigenvalue weighted by atomic mass is 10.0. The van der Waals surface area contributed by atoms with Crippen molar-refractivity contribution in [3.05, 3.63) is 16.1 Å². The van der Waals surface area contributed by atoms with Crippen molar-refractivity contribution in [1.82, 2.24) is 4.98 Å². The van der Waals surface area contributed by atoms with Gasteiger partial charge in [-0.05, 0) is 27.2 Å². The number of nitrogens with zero attached hydrogens (tertiary/aromatic N) is 1. The fourth-order valence-electron chi connectivity index (χ4n) is 1.20. The molecule has 4 heteroatoms. The topological polar surface area (TPSA) is 48.1 Å². The van der Waals surface area contributed by atoms with E-state index < -0.39 is 0 Å². The van der Waals surface area contributed by atoms with E-state index in [-0.39, 0.29) is 11.1 Å². The molecular weight excluding hydrogens is 208 g/mol. The van der Waals surface area contributed by atoms with E-state index in [0.717, 1.165) is 17.1 Å². The van der Waals surface area contributed by atoms with Crippen LogP contribution in [0.25, 0.3) is 0 Å². The largest absolute Gasteiger partial charge is 0.371 e. The highest BCUT2D eigenvalue weighted by Gasteiger charge is 2.29. The lowest BCUT2D eigenvalue weighted by Crippen LogP contribution is -2.30. The maximum atomic E-state index is 6.00. The van der Waals surface area contributed by atoms with E-state index in [1.54, 1.807) is 18.4 Å². The molecular formula is C11H20N2OS. The number of ether oxygens (including phenoxy) is 1. The minimum Gasteiger partial charge on any atom is -0.371 e. The Bertz CT molecular complexity index is 324. The second kappa shape index (κ2) is 4.20. The molecule has 0 aliphatic carbocycles. The smallest absolute Gasteiger partial charge is 0.125 e. The lowest BCUT2D eigenvalue weighted by molar-refractivity contribution is -0.00175. The van der Waals surface area contributed by atoms with Gasteiger partial charge in [0.05, 0.1) is 11.2 Å². The molecule has 0 radical (unpaired) electrons. The van der Waals surface area contributed by atoms with Crippen LogP contribution in [0.15, 0.2) is 5.38 Å². The van der Waals surface area contributed by atoms with Crippen molar-refractivity contribution >= 4 is 11.3 Å². The van der Waals surface area contributed by atoms with Crippen LogP contribution in [0.4, 0.5) is 0 Å². The van der Waals surface area contributed by atoms with Gasteiger partial charge in [0.25, 0.3) is 0 Å². The molecule has 0 aliphatic rings. The van der Waals surface area contributed by atoms with Crippen LogP contribution in [-0.2, 0) is 15.9 Å². The first-order valence-corrected chi connectivity index (χ1v) is 6.02. The molecule has 1 aromatic rings. The van der Waals surface area contributed by atoms with Gasteiger partial charge in [-0.15, -0.1) is 11.3 Å². The maximum Gasteiger partial charge on any atom is 0.125 e. The molecule has 0 amide bonds. The van der Waals surface area contributed by atoms with Crippen LogP contribution in [0.5, 0.6) is 0 Å². The molecule has 1 atom stereocenters. The summed E-state index contributed by atoms with van der Waals surface area (Å²) < 4.78 is 5.51. The molecule has 0 spiro atoms. The van der Waals surface area contributed by atoms with E-state index >= 15 is 0 Å². The lowest BCUT2D eigenvalue weighted by Gasteiger charge is -2.24. The van der Waals surface area contributed by atoms with Gasteiger partial charge >= 0.3 is 0 Å². The number of aromatic nitrogens is 1. The minimum absolute atomic E-state index is 0.284. The molecule has 1 heterocycles. The second-order valence-corrected chi connectivity index (χ2v) is 5.41. The summed E-state index contributed by atoms with van der Waals surface area (Å²) in [5.74, 6) is 0. The third kappa shape index (κ3) is 2.56. The van der Waals surface area contributed by atoms with Crippen molar-refractivity contribution in [2.24, 2.45) is 5.73 Å². The Morgan fingerprint density at radius 3 is 2.40 bits per heavy atom. The molecule has 0 fully saturated rings. The Kier molecular flexibility index (Phi) is 3.53. The molecule has 1 rings (SSSR count). The van der Waals surface area contributed by atoms with Crippen molar-refractivity contribution in [3.8, 4) is 0 Å². The molecule has 3 nitrogen and oxygen atoms in total. The van der Waals surface area contributed by atoms with Gasteiger partial charge in [0.15, 0.2) is 0 Å². The zero-order valence-electron chi connectivity index (χ0n) is 10.1. The summed E-state index contributed by atoms with van der Waals surface area (Å²) in [6.45, 7) is 8.07. The van der Waals surface area contributed by atoms with Gasteiger partial charge in [0.2, 0.25) is 0 Å². The summed E-state index contributed by atoms with van der Waals surface area (Å²) >= 11 is 1.62. The normalized spacial score (nSPS) is 16.4. The number of nitrogens with two attached hydrogens (primary N) is 1. The summed E-state index contributed by atoms with van der Waals surface area (Å²) in [5.41, 5.74) is 6.27. The fraction of sp³-hybridized carbons (Fsp3) is 0.727. The Labute approximate surface area is 95.7 Å². The molecule has 1 aromatic heterocycles. The van der Waals surface area contributed by atoms with Gasteiger partial charge in [-0.25, -0.2) is 4.98 Å².